The Kier molecular flexibility index (Phi) is 3.18. The molecule has 6 heteroatoms. The van der Waals surface area contributed by atoms with Crippen LogP contribution in [0.5, 0.6) is 0 Å². The van der Waals surface area contributed by atoms with Gasteiger partial charge in [0.1, 0.15) is 17.2 Å². The maximum Gasteiger partial charge on any atom is 0.275 e. The maximum absolute atomic E-state index is 13.5. The quantitative estimate of drug-likeness (QED) is 0.791. The average Bonchev–Trinajstić information content (AvgIpc) is 2.34. The van der Waals surface area contributed by atoms with Crippen molar-refractivity contribution in [1.82, 2.24) is 9.97 Å². The number of aryl methyl sites for hydroxylation is 1. The van der Waals surface area contributed by atoms with Crippen LogP contribution in [0.3, 0.4) is 0 Å². The molecule has 0 saturated heterocycles. The van der Waals surface area contributed by atoms with Crippen LogP contribution < -0.4 is 11.1 Å². The summed E-state index contributed by atoms with van der Waals surface area (Å²) < 4.78 is 13.5. The number of carbonyl (C=O) groups excluding carboxylic acids is 1. The topological polar surface area (TPSA) is 80.9 Å². The van der Waals surface area contributed by atoms with Crippen molar-refractivity contribution in [3.05, 3.63) is 47.8 Å². The van der Waals surface area contributed by atoms with Gasteiger partial charge in [-0.15, -0.1) is 0 Å². The van der Waals surface area contributed by atoms with E-state index in [0.717, 1.165) is 0 Å². The molecule has 0 atom stereocenters. The number of hydrogen-bond acceptors (Lipinski definition) is 4. The lowest BCUT2D eigenvalue weighted by Crippen LogP contribution is -2.16. The van der Waals surface area contributed by atoms with Gasteiger partial charge < -0.3 is 11.1 Å². The molecule has 2 aromatic rings. The number of amides is 1. The van der Waals surface area contributed by atoms with E-state index in [1.165, 1.54) is 30.6 Å². The molecule has 92 valence electrons. The van der Waals surface area contributed by atoms with E-state index in [9.17, 15) is 9.18 Å². The number of nitrogen functional groups attached to an aromatic ring is 1. The zero-order valence-electron chi connectivity index (χ0n) is 9.64. The van der Waals surface area contributed by atoms with Crippen LogP contribution in [-0.2, 0) is 0 Å². The van der Waals surface area contributed by atoms with Crippen molar-refractivity contribution < 1.29 is 9.18 Å². The second-order valence-corrected chi connectivity index (χ2v) is 3.70. The number of nitrogens with two attached hydrogens (primary N) is 1. The largest absolute Gasteiger partial charge is 0.397 e. The van der Waals surface area contributed by atoms with Crippen LogP contribution in [-0.4, -0.2) is 15.9 Å². The lowest BCUT2D eigenvalue weighted by Gasteiger charge is -2.08. The zero-order valence-corrected chi connectivity index (χ0v) is 9.64. The van der Waals surface area contributed by atoms with Crippen LogP contribution in [0.2, 0.25) is 0 Å². The van der Waals surface area contributed by atoms with E-state index in [1.54, 1.807) is 6.92 Å². The van der Waals surface area contributed by atoms with Crippen LogP contribution in [0.1, 0.15) is 16.2 Å². The minimum absolute atomic E-state index is 0.0510. The summed E-state index contributed by atoms with van der Waals surface area (Å²) in [6.07, 6.45) is 2.78. The van der Waals surface area contributed by atoms with Gasteiger partial charge in [0.15, 0.2) is 0 Å². The molecule has 0 bridgehead atoms. The van der Waals surface area contributed by atoms with Crippen molar-refractivity contribution in [2.45, 2.75) is 6.92 Å². The number of carbonyl (C=O) groups is 1. The molecule has 1 amide bonds. The second kappa shape index (κ2) is 4.79. The van der Waals surface area contributed by atoms with Gasteiger partial charge in [0.25, 0.3) is 5.91 Å². The first-order valence-corrected chi connectivity index (χ1v) is 5.22. The van der Waals surface area contributed by atoms with Gasteiger partial charge in [-0.1, -0.05) is 6.07 Å². The molecule has 0 aliphatic carbocycles. The van der Waals surface area contributed by atoms with E-state index in [-0.39, 0.29) is 17.1 Å². The second-order valence-electron chi connectivity index (χ2n) is 3.70. The molecule has 1 aromatic heterocycles. The number of anilines is 2. The van der Waals surface area contributed by atoms with Gasteiger partial charge in [0.05, 0.1) is 17.6 Å². The summed E-state index contributed by atoms with van der Waals surface area (Å²) in [5, 5.41) is 2.37. The molecule has 1 heterocycles. The Morgan fingerprint density at radius 2 is 2.11 bits per heavy atom. The minimum atomic E-state index is -0.594. The standard InChI is InChI=1S/C12H11FN4O/c1-7-5-16-10(6-15-7)12(18)17-11-8(13)3-2-4-9(11)14/h2-6H,14H2,1H3,(H,17,18). The smallest absolute Gasteiger partial charge is 0.275 e. The molecule has 0 aliphatic heterocycles. The highest BCUT2D eigenvalue weighted by molar-refractivity contribution is 6.04. The zero-order chi connectivity index (χ0) is 13.1. The summed E-state index contributed by atoms with van der Waals surface area (Å²) in [4.78, 5) is 19.6. The first-order chi connectivity index (χ1) is 8.58. The fourth-order valence-corrected chi connectivity index (χ4v) is 1.36. The highest BCUT2D eigenvalue weighted by Gasteiger charge is 2.12. The van der Waals surface area contributed by atoms with Crippen molar-refractivity contribution in [3.8, 4) is 0 Å². The highest BCUT2D eigenvalue weighted by atomic mass is 19.1. The monoisotopic (exact) mass is 246 g/mol. The minimum Gasteiger partial charge on any atom is -0.397 e. The van der Waals surface area contributed by atoms with E-state index in [0.29, 0.717) is 5.69 Å². The van der Waals surface area contributed by atoms with Crippen molar-refractivity contribution in [2.24, 2.45) is 0 Å². The van der Waals surface area contributed by atoms with Gasteiger partial charge in [-0.05, 0) is 19.1 Å². The third-order valence-electron chi connectivity index (χ3n) is 2.30. The molecule has 0 radical (unpaired) electrons. The van der Waals surface area contributed by atoms with Crippen molar-refractivity contribution in [1.29, 1.82) is 0 Å². The summed E-state index contributed by atoms with van der Waals surface area (Å²) >= 11 is 0. The molecule has 0 aliphatic rings. The number of aromatic nitrogens is 2. The molecular formula is C12H11FN4O. The van der Waals surface area contributed by atoms with Crippen molar-refractivity contribution in [2.75, 3.05) is 11.1 Å². The molecule has 0 saturated carbocycles. The van der Waals surface area contributed by atoms with E-state index < -0.39 is 11.7 Å². The predicted molar refractivity (Wildman–Crippen MR) is 65.5 cm³/mol. The number of hydrogen-bond donors (Lipinski definition) is 2. The molecule has 1 aromatic carbocycles. The SMILES string of the molecule is Cc1cnc(C(=O)Nc2c(N)cccc2F)cn1. The maximum atomic E-state index is 13.5. The van der Waals surface area contributed by atoms with Crippen LogP contribution in [0, 0.1) is 12.7 Å². The Morgan fingerprint density at radius 3 is 2.72 bits per heavy atom. The Labute approximate surface area is 103 Å². The summed E-state index contributed by atoms with van der Waals surface area (Å²) in [6.45, 7) is 1.75. The lowest BCUT2D eigenvalue weighted by molar-refractivity contribution is 0.102. The Morgan fingerprint density at radius 1 is 1.33 bits per heavy atom. The first kappa shape index (κ1) is 12.0. The predicted octanol–water partition coefficient (Wildman–Crippen LogP) is 1.76. The van der Waals surface area contributed by atoms with Crippen LogP contribution >= 0.6 is 0 Å². The van der Waals surface area contributed by atoms with Gasteiger partial charge in [-0.25, -0.2) is 9.37 Å². The third-order valence-corrected chi connectivity index (χ3v) is 2.30. The number of halogens is 1. The first-order valence-electron chi connectivity index (χ1n) is 5.22. The molecule has 0 unspecified atom stereocenters. The lowest BCUT2D eigenvalue weighted by atomic mass is 10.2. The number of nitrogens with one attached hydrogen (secondary N) is 1. The molecule has 0 spiro atoms. The molecular weight excluding hydrogens is 235 g/mol. The van der Waals surface area contributed by atoms with Crippen molar-refractivity contribution in [3.63, 3.8) is 0 Å². The fraction of sp³-hybridized carbons (Fsp3) is 0.0833. The summed E-state index contributed by atoms with van der Waals surface area (Å²) in [5.41, 5.74) is 6.48. The summed E-state index contributed by atoms with van der Waals surface area (Å²) in [6, 6.07) is 4.18. The fourth-order valence-electron chi connectivity index (χ4n) is 1.36. The number of rotatable bonds is 2. The normalized spacial score (nSPS) is 10.1. The molecule has 18 heavy (non-hydrogen) atoms. The van der Waals surface area contributed by atoms with Gasteiger partial charge in [-0.2, -0.15) is 0 Å². The van der Waals surface area contributed by atoms with Gasteiger partial charge in [0.2, 0.25) is 0 Å². The Balaban J connectivity index is 2.24. The van der Waals surface area contributed by atoms with E-state index >= 15 is 0 Å². The third kappa shape index (κ3) is 2.42. The molecule has 3 N–H and O–H groups in total. The van der Waals surface area contributed by atoms with Gasteiger partial charge >= 0.3 is 0 Å². The molecule has 5 nitrogen and oxygen atoms in total. The number of para-hydroxylation sites is 1. The highest BCUT2D eigenvalue weighted by Crippen LogP contribution is 2.22. The molecule has 2 rings (SSSR count). The average molecular weight is 246 g/mol. The van der Waals surface area contributed by atoms with Crippen LogP contribution in [0.25, 0.3) is 0 Å². The van der Waals surface area contributed by atoms with E-state index in [4.69, 9.17) is 5.73 Å². The number of nitrogens with zero attached hydrogens (tertiary/aromatic N) is 2. The Bertz CT molecular complexity index is 563. The van der Waals surface area contributed by atoms with Gasteiger partial charge in [0, 0.05) is 6.20 Å². The summed E-state index contributed by atoms with van der Waals surface area (Å²) in [7, 11) is 0. The van der Waals surface area contributed by atoms with Crippen molar-refractivity contribution >= 4 is 17.3 Å². The van der Waals surface area contributed by atoms with Crippen LogP contribution in [0.15, 0.2) is 30.6 Å². The van der Waals surface area contributed by atoms with Gasteiger partial charge in [-0.3, -0.25) is 9.78 Å². The van der Waals surface area contributed by atoms with E-state index in [2.05, 4.69) is 15.3 Å². The van der Waals surface area contributed by atoms with Crippen LogP contribution in [0.4, 0.5) is 15.8 Å². The number of benzene rings is 1. The summed E-state index contributed by atoms with van der Waals surface area (Å²) in [5.74, 6) is -1.15. The van der Waals surface area contributed by atoms with E-state index in [1.807, 2.05) is 0 Å². The Hall–Kier alpha value is -2.50. The molecule has 0 fully saturated rings.